The predicted octanol–water partition coefficient (Wildman–Crippen LogP) is 4.25. The molecule has 0 aliphatic rings. The summed E-state index contributed by atoms with van der Waals surface area (Å²) in [6.07, 6.45) is 0.373. The molecule has 1 aromatic heterocycles. The molecule has 2 N–H and O–H groups in total. The summed E-state index contributed by atoms with van der Waals surface area (Å²) in [6.45, 7) is 9.30. The van der Waals surface area contributed by atoms with Gasteiger partial charge in [0.25, 0.3) is 0 Å². The average molecular weight is 434 g/mol. The van der Waals surface area contributed by atoms with E-state index in [0.717, 1.165) is 23.6 Å². The second kappa shape index (κ2) is 9.18. The van der Waals surface area contributed by atoms with Crippen molar-refractivity contribution in [1.82, 2.24) is 15.4 Å². The molecule has 0 unspecified atom stereocenters. The van der Waals surface area contributed by atoms with Gasteiger partial charge in [0.1, 0.15) is 5.82 Å². The van der Waals surface area contributed by atoms with E-state index in [1.165, 1.54) is 5.56 Å². The Hall–Kier alpha value is -3.74. The lowest BCUT2D eigenvalue weighted by Crippen LogP contribution is -2.27. The van der Waals surface area contributed by atoms with Gasteiger partial charge >= 0.3 is 11.9 Å². The second-order valence-electron chi connectivity index (χ2n) is 8.65. The van der Waals surface area contributed by atoms with Gasteiger partial charge < -0.3 is 9.94 Å². The van der Waals surface area contributed by atoms with E-state index in [1.54, 1.807) is 6.92 Å². The van der Waals surface area contributed by atoms with Crippen molar-refractivity contribution in [2.75, 3.05) is 0 Å². The topological polar surface area (TPSA) is 101 Å². The quantitative estimate of drug-likeness (QED) is 0.597. The zero-order chi connectivity index (χ0) is 23.5. The van der Waals surface area contributed by atoms with Crippen molar-refractivity contribution in [2.24, 2.45) is 0 Å². The van der Waals surface area contributed by atoms with Gasteiger partial charge in [0.2, 0.25) is 0 Å². The van der Waals surface area contributed by atoms with Gasteiger partial charge in [-0.2, -0.15) is 5.48 Å². The molecule has 2 aromatic carbocycles. The first-order chi connectivity index (χ1) is 15.0. The first kappa shape index (κ1) is 22.9. The number of aromatic nitrogens is 2. The number of amides is 1. The van der Waals surface area contributed by atoms with Crippen molar-refractivity contribution in [2.45, 2.75) is 46.5 Å². The number of nitrogens with one attached hydrogen (secondary N) is 1. The van der Waals surface area contributed by atoms with Crippen molar-refractivity contribution >= 4 is 11.9 Å². The van der Waals surface area contributed by atoms with Crippen LogP contribution in [0.1, 0.15) is 60.8 Å². The van der Waals surface area contributed by atoms with Crippen LogP contribution in [0.5, 0.6) is 5.75 Å². The van der Waals surface area contributed by atoms with Crippen molar-refractivity contribution in [3.05, 3.63) is 76.9 Å². The third-order valence-electron chi connectivity index (χ3n) is 5.01. The molecular formula is C25H27N3O4. The summed E-state index contributed by atoms with van der Waals surface area (Å²) in [6, 6.07) is 16.6. The van der Waals surface area contributed by atoms with Crippen LogP contribution in [0.3, 0.4) is 0 Å². The fourth-order valence-electron chi connectivity index (χ4n) is 3.19. The normalized spacial score (nSPS) is 11.2. The Labute approximate surface area is 187 Å². The molecule has 1 heterocycles. The molecule has 0 fully saturated rings. The van der Waals surface area contributed by atoms with Gasteiger partial charge in [0.15, 0.2) is 11.4 Å². The zero-order valence-electron chi connectivity index (χ0n) is 18.9. The van der Waals surface area contributed by atoms with E-state index >= 15 is 0 Å². The van der Waals surface area contributed by atoms with Crippen LogP contribution in [0, 0.1) is 6.92 Å². The summed E-state index contributed by atoms with van der Waals surface area (Å²) >= 11 is 0. The minimum atomic E-state index is -0.821. The molecule has 1 amide bonds. The molecule has 0 saturated carbocycles. The van der Waals surface area contributed by atoms with Crippen LogP contribution in [0.2, 0.25) is 0 Å². The summed E-state index contributed by atoms with van der Waals surface area (Å²) in [5.74, 6) is -1.49. The highest BCUT2D eigenvalue weighted by molar-refractivity contribution is 5.95. The molecule has 0 aliphatic heterocycles. The number of aryl methyl sites for hydroxylation is 1. The molecule has 7 nitrogen and oxygen atoms in total. The Morgan fingerprint density at radius 2 is 1.53 bits per heavy atom. The fraction of sp³-hybridized carbons (Fsp3) is 0.280. The summed E-state index contributed by atoms with van der Waals surface area (Å²) in [7, 11) is 0. The standard InChI is InChI=1S/C25H27N3O4/c1-15-23(30)22(24(31)28-32-16(2)29)27-21(26-15)14-17-6-8-18(9-7-17)19-10-12-20(13-11-19)25(3,4)5/h6-13,30H,14H2,1-5H3,(H,28,31). The van der Waals surface area contributed by atoms with E-state index in [1.807, 2.05) is 29.7 Å². The lowest BCUT2D eigenvalue weighted by molar-refractivity contribution is -0.146. The van der Waals surface area contributed by atoms with Crippen molar-refractivity contribution in [3.8, 4) is 16.9 Å². The molecule has 0 bridgehead atoms. The highest BCUT2D eigenvalue weighted by Crippen LogP contribution is 2.27. The van der Waals surface area contributed by atoms with Gasteiger partial charge in [-0.25, -0.2) is 9.97 Å². The third kappa shape index (κ3) is 5.49. The number of aromatic hydroxyl groups is 1. The number of hydrogen-bond acceptors (Lipinski definition) is 6. The molecule has 3 aromatic rings. The minimum absolute atomic E-state index is 0.110. The Morgan fingerprint density at radius 1 is 0.969 bits per heavy atom. The summed E-state index contributed by atoms with van der Waals surface area (Å²) in [5.41, 5.74) is 6.55. The van der Waals surface area contributed by atoms with Crippen LogP contribution in [-0.4, -0.2) is 27.0 Å². The average Bonchev–Trinajstić information content (AvgIpc) is 2.74. The lowest BCUT2D eigenvalue weighted by Gasteiger charge is -2.19. The molecule has 0 saturated heterocycles. The van der Waals surface area contributed by atoms with E-state index in [-0.39, 0.29) is 22.6 Å². The van der Waals surface area contributed by atoms with Crippen LogP contribution in [0.4, 0.5) is 0 Å². The molecule has 0 atom stereocenters. The molecule has 0 spiro atoms. The van der Waals surface area contributed by atoms with E-state index in [0.29, 0.717) is 12.2 Å². The summed E-state index contributed by atoms with van der Waals surface area (Å²) in [5, 5.41) is 10.1. The van der Waals surface area contributed by atoms with Crippen LogP contribution in [-0.2, 0) is 21.5 Å². The highest BCUT2D eigenvalue weighted by Gasteiger charge is 2.19. The predicted molar refractivity (Wildman–Crippen MR) is 121 cm³/mol. The molecule has 0 radical (unpaired) electrons. The number of hydrogen-bond donors (Lipinski definition) is 2. The molecule has 166 valence electrons. The number of carbonyl (C=O) groups excluding carboxylic acids is 2. The maximum absolute atomic E-state index is 12.2. The number of benzene rings is 2. The Bertz CT molecular complexity index is 1130. The lowest BCUT2D eigenvalue weighted by atomic mass is 9.86. The van der Waals surface area contributed by atoms with Gasteiger partial charge in [-0.15, -0.1) is 0 Å². The molecule has 3 rings (SSSR count). The Kier molecular flexibility index (Phi) is 6.58. The summed E-state index contributed by atoms with van der Waals surface area (Å²) in [4.78, 5) is 36.0. The molecular weight excluding hydrogens is 406 g/mol. The fourth-order valence-corrected chi connectivity index (χ4v) is 3.19. The molecule has 32 heavy (non-hydrogen) atoms. The highest BCUT2D eigenvalue weighted by atomic mass is 16.7. The first-order valence-corrected chi connectivity index (χ1v) is 10.3. The van der Waals surface area contributed by atoms with Gasteiger partial charge in [-0.05, 0) is 34.6 Å². The molecule has 0 aliphatic carbocycles. The van der Waals surface area contributed by atoms with Crippen LogP contribution in [0.25, 0.3) is 11.1 Å². The number of nitrogens with zero attached hydrogens (tertiary/aromatic N) is 2. The van der Waals surface area contributed by atoms with Gasteiger partial charge in [-0.3, -0.25) is 9.59 Å². The van der Waals surface area contributed by atoms with Gasteiger partial charge in [-0.1, -0.05) is 69.3 Å². The van der Waals surface area contributed by atoms with Crippen LogP contribution < -0.4 is 5.48 Å². The van der Waals surface area contributed by atoms with Crippen LogP contribution in [0.15, 0.2) is 48.5 Å². The van der Waals surface area contributed by atoms with Crippen LogP contribution >= 0.6 is 0 Å². The number of rotatable bonds is 4. The minimum Gasteiger partial charge on any atom is -0.504 e. The number of carbonyl (C=O) groups is 2. The van der Waals surface area contributed by atoms with Crippen molar-refractivity contribution in [1.29, 1.82) is 0 Å². The maximum Gasteiger partial charge on any atom is 0.329 e. The summed E-state index contributed by atoms with van der Waals surface area (Å²) < 4.78 is 0. The first-order valence-electron chi connectivity index (χ1n) is 10.3. The van der Waals surface area contributed by atoms with E-state index in [4.69, 9.17) is 0 Å². The second-order valence-corrected chi connectivity index (χ2v) is 8.65. The van der Waals surface area contributed by atoms with Gasteiger partial charge in [0.05, 0.1) is 5.69 Å². The molecule has 7 heteroatoms. The maximum atomic E-state index is 12.2. The Balaban J connectivity index is 1.78. The Morgan fingerprint density at radius 3 is 2.06 bits per heavy atom. The van der Waals surface area contributed by atoms with E-state index in [9.17, 15) is 14.7 Å². The smallest absolute Gasteiger partial charge is 0.329 e. The monoisotopic (exact) mass is 433 g/mol. The third-order valence-corrected chi connectivity index (χ3v) is 5.01. The van der Waals surface area contributed by atoms with Crippen molar-refractivity contribution < 1.29 is 19.5 Å². The number of hydroxylamine groups is 1. The van der Waals surface area contributed by atoms with Crippen molar-refractivity contribution in [3.63, 3.8) is 0 Å². The zero-order valence-corrected chi connectivity index (χ0v) is 18.9. The van der Waals surface area contributed by atoms with E-state index < -0.39 is 11.9 Å². The van der Waals surface area contributed by atoms with Gasteiger partial charge in [0, 0.05) is 13.3 Å². The largest absolute Gasteiger partial charge is 0.504 e. The SMILES string of the molecule is CC(=O)ONC(=O)c1nc(Cc2ccc(-c3ccc(C(C)(C)C)cc3)cc2)nc(C)c1O. The van der Waals surface area contributed by atoms with E-state index in [2.05, 4.69) is 59.8 Å².